The molecule has 19 heavy (non-hydrogen) atoms. The summed E-state index contributed by atoms with van der Waals surface area (Å²) in [5.41, 5.74) is -0.0432. The van der Waals surface area contributed by atoms with Crippen molar-refractivity contribution in [2.75, 3.05) is 26.2 Å². The molecule has 1 heterocycles. The number of halogens is 2. The summed E-state index contributed by atoms with van der Waals surface area (Å²) in [6.45, 7) is 2.95. The highest BCUT2D eigenvalue weighted by atomic mass is 19.1. The van der Waals surface area contributed by atoms with Gasteiger partial charge < -0.3 is 4.74 Å². The highest BCUT2D eigenvalue weighted by Crippen LogP contribution is 2.23. The summed E-state index contributed by atoms with van der Waals surface area (Å²) < 4.78 is 32.2. The molecule has 0 aromatic heterocycles. The summed E-state index contributed by atoms with van der Waals surface area (Å²) in [5.74, 6) is -2.04. The van der Waals surface area contributed by atoms with Crippen LogP contribution in [0.3, 0.4) is 0 Å². The molecule has 5 heteroatoms. The average Bonchev–Trinajstić information content (AvgIpc) is 2.42. The van der Waals surface area contributed by atoms with Gasteiger partial charge in [-0.05, 0) is 38.1 Å². The number of nitrogens with zero attached hydrogens (tertiary/aromatic N) is 2. The Kier molecular flexibility index (Phi) is 4.69. The van der Waals surface area contributed by atoms with Gasteiger partial charge in [0.1, 0.15) is 6.61 Å². The fourth-order valence-corrected chi connectivity index (χ4v) is 2.22. The van der Waals surface area contributed by atoms with Crippen LogP contribution >= 0.6 is 0 Å². The lowest BCUT2D eigenvalue weighted by Crippen LogP contribution is -2.33. The molecule has 0 aliphatic carbocycles. The van der Waals surface area contributed by atoms with E-state index in [0.717, 1.165) is 25.2 Å². The van der Waals surface area contributed by atoms with Gasteiger partial charge in [-0.15, -0.1) is 0 Å². The first-order valence-corrected chi connectivity index (χ1v) is 6.45. The van der Waals surface area contributed by atoms with Gasteiger partial charge in [-0.25, -0.2) is 8.78 Å². The minimum Gasteiger partial charge on any atom is -0.486 e. The van der Waals surface area contributed by atoms with Crippen molar-refractivity contribution in [3.05, 3.63) is 29.3 Å². The van der Waals surface area contributed by atoms with Gasteiger partial charge in [-0.1, -0.05) is 6.42 Å². The lowest BCUT2D eigenvalue weighted by Gasteiger charge is -2.26. The zero-order valence-corrected chi connectivity index (χ0v) is 10.7. The summed E-state index contributed by atoms with van der Waals surface area (Å²) in [6.07, 6.45) is 3.58. The second-order valence-corrected chi connectivity index (χ2v) is 4.63. The van der Waals surface area contributed by atoms with Crippen LogP contribution in [0.15, 0.2) is 12.1 Å². The summed E-state index contributed by atoms with van der Waals surface area (Å²) in [5, 5.41) is 8.59. The summed E-state index contributed by atoms with van der Waals surface area (Å²) in [4.78, 5) is 2.23. The Morgan fingerprint density at radius 1 is 1.16 bits per heavy atom. The smallest absolute Gasteiger partial charge is 0.190 e. The van der Waals surface area contributed by atoms with Crippen LogP contribution in [0.1, 0.15) is 24.8 Å². The zero-order chi connectivity index (χ0) is 13.7. The Labute approximate surface area is 111 Å². The summed E-state index contributed by atoms with van der Waals surface area (Å²) in [6, 6.07) is 3.67. The number of rotatable bonds is 4. The van der Waals surface area contributed by atoms with Crippen LogP contribution in [0.2, 0.25) is 0 Å². The molecule has 2 rings (SSSR count). The summed E-state index contributed by atoms with van der Waals surface area (Å²) in [7, 11) is 0. The Bertz CT molecular complexity index is 456. The van der Waals surface area contributed by atoms with Crippen LogP contribution in [0.4, 0.5) is 8.78 Å². The minimum atomic E-state index is -0.824. The predicted molar refractivity (Wildman–Crippen MR) is 66.9 cm³/mol. The molecule has 0 radical (unpaired) electrons. The number of nitriles is 1. The van der Waals surface area contributed by atoms with E-state index in [0.29, 0.717) is 6.54 Å². The van der Waals surface area contributed by atoms with Gasteiger partial charge in [0.2, 0.25) is 0 Å². The topological polar surface area (TPSA) is 36.3 Å². The molecule has 1 aromatic rings. The van der Waals surface area contributed by atoms with Gasteiger partial charge in [0.15, 0.2) is 17.4 Å². The summed E-state index contributed by atoms with van der Waals surface area (Å²) >= 11 is 0. The molecular formula is C14H16F2N2O. The first-order valence-electron chi connectivity index (χ1n) is 6.45. The van der Waals surface area contributed by atoms with Crippen molar-refractivity contribution >= 4 is 0 Å². The number of hydrogen-bond donors (Lipinski definition) is 0. The van der Waals surface area contributed by atoms with Gasteiger partial charge in [0.25, 0.3) is 0 Å². The van der Waals surface area contributed by atoms with Crippen LogP contribution in [-0.4, -0.2) is 31.1 Å². The molecule has 1 saturated heterocycles. The van der Waals surface area contributed by atoms with Crippen LogP contribution in [0.5, 0.6) is 5.75 Å². The molecule has 1 aliphatic heterocycles. The molecule has 1 aromatic carbocycles. The maximum Gasteiger partial charge on any atom is 0.190 e. The van der Waals surface area contributed by atoms with Gasteiger partial charge in [0.05, 0.1) is 11.6 Å². The standard InChI is InChI=1S/C14H16F2N2O/c15-12-8-11(10-17)9-13(16)14(12)19-7-6-18-4-2-1-3-5-18/h8-9H,1-7H2. The van der Waals surface area contributed by atoms with Crippen molar-refractivity contribution < 1.29 is 13.5 Å². The highest BCUT2D eigenvalue weighted by molar-refractivity contribution is 5.37. The van der Waals surface area contributed by atoms with E-state index in [1.165, 1.54) is 19.3 Å². The molecule has 3 nitrogen and oxygen atoms in total. The van der Waals surface area contributed by atoms with Crippen molar-refractivity contribution in [2.24, 2.45) is 0 Å². The molecule has 0 bridgehead atoms. The Morgan fingerprint density at radius 2 is 1.79 bits per heavy atom. The largest absolute Gasteiger partial charge is 0.486 e. The maximum atomic E-state index is 13.5. The van der Waals surface area contributed by atoms with E-state index in [1.807, 2.05) is 0 Å². The molecule has 0 atom stereocenters. The molecule has 1 aliphatic rings. The Balaban J connectivity index is 1.90. The monoisotopic (exact) mass is 266 g/mol. The normalized spacial score (nSPS) is 16.1. The first-order chi connectivity index (χ1) is 9.20. The quantitative estimate of drug-likeness (QED) is 0.840. The second-order valence-electron chi connectivity index (χ2n) is 4.63. The van der Waals surface area contributed by atoms with E-state index >= 15 is 0 Å². The highest BCUT2D eigenvalue weighted by Gasteiger charge is 2.14. The third-order valence-corrected chi connectivity index (χ3v) is 3.23. The van der Waals surface area contributed by atoms with Gasteiger partial charge in [-0.2, -0.15) is 5.26 Å². The first kappa shape index (κ1) is 13.8. The lowest BCUT2D eigenvalue weighted by atomic mass is 10.1. The van der Waals surface area contributed by atoms with Crippen molar-refractivity contribution in [1.29, 1.82) is 5.26 Å². The van der Waals surface area contributed by atoms with Crippen molar-refractivity contribution in [1.82, 2.24) is 4.90 Å². The molecular weight excluding hydrogens is 250 g/mol. The molecule has 0 N–H and O–H groups in total. The number of hydrogen-bond acceptors (Lipinski definition) is 3. The fraction of sp³-hybridized carbons (Fsp3) is 0.500. The van der Waals surface area contributed by atoms with Crippen molar-refractivity contribution in [3.63, 3.8) is 0 Å². The van der Waals surface area contributed by atoms with Crippen molar-refractivity contribution in [3.8, 4) is 11.8 Å². The van der Waals surface area contributed by atoms with E-state index in [1.54, 1.807) is 6.07 Å². The molecule has 0 spiro atoms. The number of benzene rings is 1. The van der Waals surface area contributed by atoms with Gasteiger partial charge in [-0.3, -0.25) is 4.90 Å². The fourth-order valence-electron chi connectivity index (χ4n) is 2.22. The van der Waals surface area contributed by atoms with Crippen LogP contribution < -0.4 is 4.74 Å². The number of ether oxygens (including phenoxy) is 1. The van der Waals surface area contributed by atoms with Gasteiger partial charge >= 0.3 is 0 Å². The SMILES string of the molecule is N#Cc1cc(F)c(OCCN2CCCCC2)c(F)c1. The van der Waals surface area contributed by atoms with Crippen LogP contribution in [0.25, 0.3) is 0 Å². The van der Waals surface area contributed by atoms with Gasteiger partial charge in [0, 0.05) is 6.54 Å². The van der Waals surface area contributed by atoms with E-state index in [4.69, 9.17) is 10.00 Å². The molecule has 1 fully saturated rings. The van der Waals surface area contributed by atoms with E-state index < -0.39 is 17.4 Å². The molecule has 0 saturated carbocycles. The number of likely N-dealkylation sites (tertiary alicyclic amines) is 1. The maximum absolute atomic E-state index is 13.5. The Hall–Kier alpha value is -1.67. The van der Waals surface area contributed by atoms with E-state index in [9.17, 15) is 8.78 Å². The third-order valence-electron chi connectivity index (χ3n) is 3.23. The van der Waals surface area contributed by atoms with Crippen LogP contribution in [-0.2, 0) is 0 Å². The second kappa shape index (κ2) is 6.48. The molecule has 102 valence electrons. The van der Waals surface area contributed by atoms with E-state index in [2.05, 4.69) is 4.90 Å². The molecule has 0 amide bonds. The third kappa shape index (κ3) is 3.65. The minimum absolute atomic E-state index is 0.0432. The van der Waals surface area contributed by atoms with Crippen LogP contribution in [0, 0.1) is 23.0 Å². The predicted octanol–water partition coefficient (Wildman–Crippen LogP) is 2.70. The number of piperidine rings is 1. The Morgan fingerprint density at radius 3 is 2.37 bits per heavy atom. The lowest BCUT2D eigenvalue weighted by molar-refractivity contribution is 0.177. The van der Waals surface area contributed by atoms with Crippen molar-refractivity contribution in [2.45, 2.75) is 19.3 Å². The zero-order valence-electron chi connectivity index (χ0n) is 10.7. The van der Waals surface area contributed by atoms with E-state index in [-0.39, 0.29) is 12.2 Å². The average molecular weight is 266 g/mol. The molecule has 0 unspecified atom stereocenters.